The molecule has 11 heteroatoms. The van der Waals surface area contributed by atoms with Crippen molar-refractivity contribution >= 4 is 41.1 Å². The lowest BCUT2D eigenvalue weighted by Gasteiger charge is -2.10. The third-order valence-electron chi connectivity index (χ3n) is 3.75. The minimum Gasteiger partial charge on any atom is -0.465 e. The Balaban J connectivity index is 2.12. The summed E-state index contributed by atoms with van der Waals surface area (Å²) in [6, 6.07) is 3.88. The first-order valence-electron chi connectivity index (χ1n) is 8.15. The van der Waals surface area contributed by atoms with Gasteiger partial charge in [-0.25, -0.2) is 14.4 Å². The number of carbonyl (C=O) groups is 4. The van der Waals surface area contributed by atoms with Crippen molar-refractivity contribution in [1.82, 2.24) is 9.78 Å². The Bertz CT molecular complexity index is 950. The number of benzene rings is 1. The summed E-state index contributed by atoms with van der Waals surface area (Å²) in [7, 11) is 3.92. The number of nitrogens with zero attached hydrogens (tertiary/aromatic N) is 2. The summed E-state index contributed by atoms with van der Waals surface area (Å²) in [5, 5.41) is 6.51. The Morgan fingerprint density at radius 1 is 1.03 bits per heavy atom. The Hall–Kier alpha value is -3.40. The van der Waals surface area contributed by atoms with Crippen LogP contribution >= 0.6 is 11.6 Å². The molecule has 0 aliphatic heterocycles. The highest BCUT2D eigenvalue weighted by atomic mass is 35.5. The van der Waals surface area contributed by atoms with Crippen molar-refractivity contribution in [2.75, 3.05) is 26.1 Å². The number of hydrogen-bond donors (Lipinski definition) is 1. The van der Waals surface area contributed by atoms with E-state index >= 15 is 0 Å². The zero-order chi connectivity index (χ0) is 21.7. The molecule has 154 valence electrons. The molecule has 1 heterocycles. The number of amides is 1. The zero-order valence-corrected chi connectivity index (χ0v) is 16.8. The van der Waals surface area contributed by atoms with Gasteiger partial charge >= 0.3 is 17.9 Å². The number of carbonyl (C=O) groups excluding carboxylic acids is 4. The van der Waals surface area contributed by atoms with Gasteiger partial charge in [-0.3, -0.25) is 9.48 Å². The molecule has 0 aliphatic carbocycles. The number of rotatable bonds is 6. The van der Waals surface area contributed by atoms with E-state index in [4.69, 9.17) is 16.3 Å². The van der Waals surface area contributed by atoms with Gasteiger partial charge in [0.1, 0.15) is 10.7 Å². The van der Waals surface area contributed by atoms with Crippen LogP contribution in [0.25, 0.3) is 0 Å². The van der Waals surface area contributed by atoms with Gasteiger partial charge in [-0.15, -0.1) is 0 Å². The molecule has 10 nitrogen and oxygen atoms in total. The van der Waals surface area contributed by atoms with Gasteiger partial charge in [0, 0.05) is 12.7 Å². The molecule has 1 amide bonds. The predicted octanol–water partition coefficient (Wildman–Crippen LogP) is 1.75. The molecule has 2 rings (SSSR count). The maximum Gasteiger partial charge on any atom is 0.343 e. The second-order valence-electron chi connectivity index (χ2n) is 5.78. The molecule has 1 aromatic heterocycles. The number of esters is 3. The lowest BCUT2D eigenvalue weighted by Crippen LogP contribution is -2.21. The molecule has 0 spiro atoms. The molecule has 0 fully saturated rings. The van der Waals surface area contributed by atoms with Crippen molar-refractivity contribution in [2.45, 2.75) is 6.92 Å². The van der Waals surface area contributed by atoms with E-state index in [1.54, 1.807) is 14.0 Å². The average molecular weight is 424 g/mol. The van der Waals surface area contributed by atoms with Gasteiger partial charge in [0.2, 0.25) is 0 Å². The van der Waals surface area contributed by atoms with Gasteiger partial charge in [-0.05, 0) is 25.1 Å². The highest BCUT2D eigenvalue weighted by molar-refractivity contribution is 6.32. The second-order valence-corrected chi connectivity index (χ2v) is 6.14. The van der Waals surface area contributed by atoms with E-state index in [9.17, 15) is 19.2 Å². The fourth-order valence-corrected chi connectivity index (χ4v) is 2.69. The number of methoxy groups -OCH3 is 2. The first-order chi connectivity index (χ1) is 13.7. The summed E-state index contributed by atoms with van der Waals surface area (Å²) in [6.07, 6.45) is 0. The molecule has 2 aromatic rings. The number of ether oxygens (including phenoxy) is 3. The first kappa shape index (κ1) is 21.9. The molecule has 1 aromatic carbocycles. The van der Waals surface area contributed by atoms with E-state index in [-0.39, 0.29) is 27.5 Å². The minimum atomic E-state index is -0.811. The first-order valence-corrected chi connectivity index (χ1v) is 8.53. The topological polar surface area (TPSA) is 126 Å². The van der Waals surface area contributed by atoms with Gasteiger partial charge < -0.3 is 19.5 Å². The van der Waals surface area contributed by atoms with Crippen molar-refractivity contribution in [3.05, 3.63) is 45.7 Å². The predicted molar refractivity (Wildman–Crippen MR) is 101 cm³/mol. The van der Waals surface area contributed by atoms with Crippen LogP contribution in [0.3, 0.4) is 0 Å². The van der Waals surface area contributed by atoms with Crippen LogP contribution in [0.5, 0.6) is 0 Å². The fourth-order valence-electron chi connectivity index (χ4n) is 2.43. The fraction of sp³-hybridized carbons (Fsp3) is 0.278. The van der Waals surface area contributed by atoms with Crippen LogP contribution in [-0.4, -0.2) is 54.4 Å². The van der Waals surface area contributed by atoms with Crippen molar-refractivity contribution < 1.29 is 33.4 Å². The summed E-state index contributed by atoms with van der Waals surface area (Å²) in [6.45, 7) is 0.953. The quantitative estimate of drug-likeness (QED) is 0.550. The lowest BCUT2D eigenvalue weighted by molar-refractivity contribution is -0.119. The number of anilines is 1. The van der Waals surface area contributed by atoms with Gasteiger partial charge in [-0.1, -0.05) is 11.6 Å². The summed E-state index contributed by atoms with van der Waals surface area (Å²) in [5.74, 6) is -2.93. The number of nitrogens with one attached hydrogen (secondary N) is 1. The van der Waals surface area contributed by atoms with E-state index in [0.29, 0.717) is 5.69 Å². The molecular weight excluding hydrogens is 406 g/mol. The van der Waals surface area contributed by atoms with E-state index in [0.717, 1.165) is 0 Å². The number of hydrogen-bond acceptors (Lipinski definition) is 8. The molecule has 29 heavy (non-hydrogen) atoms. The van der Waals surface area contributed by atoms with E-state index in [1.807, 2.05) is 0 Å². The minimum absolute atomic E-state index is 0.0282. The van der Waals surface area contributed by atoms with Crippen LogP contribution in [0.15, 0.2) is 18.2 Å². The van der Waals surface area contributed by atoms with Gasteiger partial charge in [0.05, 0.1) is 31.0 Å². The number of aryl methyl sites for hydroxylation is 2. The van der Waals surface area contributed by atoms with Crippen molar-refractivity contribution in [2.24, 2.45) is 7.05 Å². The van der Waals surface area contributed by atoms with Crippen molar-refractivity contribution in [3.8, 4) is 0 Å². The van der Waals surface area contributed by atoms with Crippen molar-refractivity contribution in [3.63, 3.8) is 0 Å². The van der Waals surface area contributed by atoms with E-state index < -0.39 is 30.4 Å². The molecule has 0 unspecified atom stereocenters. The summed E-state index contributed by atoms with van der Waals surface area (Å²) in [4.78, 5) is 47.9. The molecular formula is C18H18ClN3O7. The second kappa shape index (κ2) is 9.20. The summed E-state index contributed by atoms with van der Waals surface area (Å²) in [5.41, 5.74) is 0.588. The Morgan fingerprint density at radius 2 is 1.59 bits per heavy atom. The van der Waals surface area contributed by atoms with Crippen LogP contribution in [0, 0.1) is 6.92 Å². The third kappa shape index (κ3) is 5.11. The Morgan fingerprint density at radius 3 is 2.03 bits per heavy atom. The van der Waals surface area contributed by atoms with Gasteiger partial charge in [0.15, 0.2) is 6.61 Å². The van der Waals surface area contributed by atoms with Gasteiger partial charge in [0.25, 0.3) is 5.91 Å². The van der Waals surface area contributed by atoms with Crippen LogP contribution in [-0.2, 0) is 26.1 Å². The van der Waals surface area contributed by atoms with E-state index in [2.05, 4.69) is 19.9 Å². The summed E-state index contributed by atoms with van der Waals surface area (Å²) >= 11 is 5.99. The highest BCUT2D eigenvalue weighted by Crippen LogP contribution is 2.20. The largest absolute Gasteiger partial charge is 0.465 e. The monoisotopic (exact) mass is 423 g/mol. The normalized spacial score (nSPS) is 10.2. The molecule has 1 N–H and O–H groups in total. The molecule has 0 aliphatic rings. The lowest BCUT2D eigenvalue weighted by atomic mass is 10.1. The van der Waals surface area contributed by atoms with Gasteiger partial charge in [-0.2, -0.15) is 5.10 Å². The van der Waals surface area contributed by atoms with Crippen molar-refractivity contribution in [1.29, 1.82) is 0 Å². The SMILES string of the molecule is COC(=O)c1cc(NC(=O)COC(=O)c2c(C)nn(C)c2Cl)cc(C(=O)OC)c1. The average Bonchev–Trinajstić information content (AvgIpc) is 2.96. The van der Waals surface area contributed by atoms with Crippen LogP contribution in [0.2, 0.25) is 5.15 Å². The number of halogens is 1. The maximum absolute atomic E-state index is 12.2. The van der Waals surface area contributed by atoms with Crippen LogP contribution in [0.4, 0.5) is 5.69 Å². The smallest absolute Gasteiger partial charge is 0.343 e. The molecule has 0 radical (unpaired) electrons. The molecule has 0 saturated heterocycles. The maximum atomic E-state index is 12.2. The van der Waals surface area contributed by atoms with E-state index in [1.165, 1.54) is 37.1 Å². The Labute approximate surface area is 170 Å². The third-order valence-corrected chi connectivity index (χ3v) is 4.18. The van der Waals surface area contributed by atoms with Crippen LogP contribution in [0.1, 0.15) is 36.8 Å². The standard InChI is InChI=1S/C18H18ClN3O7/c1-9-14(15(19)22(2)21-9)18(26)29-8-13(23)20-12-6-10(16(24)27-3)5-11(7-12)17(25)28-4/h5-7H,8H2,1-4H3,(H,20,23). The Kier molecular flexibility index (Phi) is 6.94. The number of aromatic nitrogens is 2. The molecule has 0 atom stereocenters. The zero-order valence-electron chi connectivity index (χ0n) is 16.1. The highest BCUT2D eigenvalue weighted by Gasteiger charge is 2.21. The summed E-state index contributed by atoms with van der Waals surface area (Å²) < 4.78 is 15.5. The van der Waals surface area contributed by atoms with Crippen LogP contribution < -0.4 is 5.32 Å². The molecule has 0 bridgehead atoms. The molecule has 0 saturated carbocycles.